The first-order valence-corrected chi connectivity index (χ1v) is 6.08. The van der Waals surface area contributed by atoms with Gasteiger partial charge in [-0.15, -0.1) is 0 Å². The van der Waals surface area contributed by atoms with E-state index in [0.717, 1.165) is 31.5 Å². The quantitative estimate of drug-likeness (QED) is 0.657. The van der Waals surface area contributed by atoms with Gasteiger partial charge in [-0.3, -0.25) is 4.90 Å². The van der Waals surface area contributed by atoms with E-state index in [2.05, 4.69) is 31.1 Å². The number of nitrogens with one attached hydrogen (secondary N) is 1. The lowest BCUT2D eigenvalue weighted by atomic mass is 10.2. The van der Waals surface area contributed by atoms with E-state index in [4.69, 9.17) is 4.74 Å². The van der Waals surface area contributed by atoms with Crippen LogP contribution >= 0.6 is 0 Å². The standard InChI is InChI=1S/C12H26N2O/c1-5-13-7-12(9-15-4)14(3)8-11-6-10(11)2/h10-13H,5-9H2,1-4H3. The van der Waals surface area contributed by atoms with Gasteiger partial charge in [-0.2, -0.15) is 0 Å². The van der Waals surface area contributed by atoms with Gasteiger partial charge in [0.05, 0.1) is 6.61 Å². The van der Waals surface area contributed by atoms with E-state index in [0.29, 0.717) is 6.04 Å². The average Bonchev–Trinajstić information content (AvgIpc) is 2.88. The van der Waals surface area contributed by atoms with Gasteiger partial charge in [0.15, 0.2) is 0 Å². The first-order chi connectivity index (χ1) is 7.19. The second-order valence-corrected chi connectivity index (χ2v) is 4.83. The third-order valence-corrected chi connectivity index (χ3v) is 3.41. The SMILES string of the molecule is CCNCC(COC)N(C)CC1CC1C. The molecule has 0 bridgehead atoms. The summed E-state index contributed by atoms with van der Waals surface area (Å²) in [5.74, 6) is 1.87. The van der Waals surface area contributed by atoms with Crippen LogP contribution in [0.5, 0.6) is 0 Å². The highest BCUT2D eigenvalue weighted by atomic mass is 16.5. The largest absolute Gasteiger partial charge is 0.383 e. The highest BCUT2D eigenvalue weighted by Crippen LogP contribution is 2.38. The summed E-state index contributed by atoms with van der Waals surface area (Å²) >= 11 is 0. The van der Waals surface area contributed by atoms with Crippen LogP contribution in [0.15, 0.2) is 0 Å². The number of ether oxygens (including phenoxy) is 1. The van der Waals surface area contributed by atoms with E-state index in [1.54, 1.807) is 7.11 Å². The highest BCUT2D eigenvalue weighted by Gasteiger charge is 2.34. The number of hydrogen-bond acceptors (Lipinski definition) is 3. The lowest BCUT2D eigenvalue weighted by molar-refractivity contribution is 0.102. The number of likely N-dealkylation sites (N-methyl/N-ethyl adjacent to an activating group) is 2. The highest BCUT2D eigenvalue weighted by molar-refractivity contribution is 4.86. The van der Waals surface area contributed by atoms with Crippen LogP contribution in [0.3, 0.4) is 0 Å². The molecule has 1 N–H and O–H groups in total. The Bertz CT molecular complexity index is 175. The smallest absolute Gasteiger partial charge is 0.0630 e. The van der Waals surface area contributed by atoms with Crippen molar-refractivity contribution < 1.29 is 4.74 Å². The molecule has 1 fully saturated rings. The van der Waals surface area contributed by atoms with Crippen molar-refractivity contribution in [3.05, 3.63) is 0 Å². The van der Waals surface area contributed by atoms with Gasteiger partial charge < -0.3 is 10.1 Å². The van der Waals surface area contributed by atoms with Crippen LogP contribution in [0.1, 0.15) is 20.3 Å². The van der Waals surface area contributed by atoms with Gasteiger partial charge in [-0.05, 0) is 31.8 Å². The van der Waals surface area contributed by atoms with Crippen molar-refractivity contribution in [3.8, 4) is 0 Å². The first kappa shape index (κ1) is 12.9. The number of methoxy groups -OCH3 is 1. The van der Waals surface area contributed by atoms with Crippen molar-refractivity contribution in [1.29, 1.82) is 0 Å². The molecule has 1 aliphatic rings. The fraction of sp³-hybridized carbons (Fsp3) is 1.00. The molecule has 0 aliphatic heterocycles. The molecule has 3 atom stereocenters. The minimum absolute atomic E-state index is 0.516. The van der Waals surface area contributed by atoms with Crippen molar-refractivity contribution in [3.63, 3.8) is 0 Å². The molecule has 0 saturated heterocycles. The minimum Gasteiger partial charge on any atom is -0.383 e. The fourth-order valence-corrected chi connectivity index (χ4v) is 2.02. The van der Waals surface area contributed by atoms with E-state index in [9.17, 15) is 0 Å². The predicted octanol–water partition coefficient (Wildman–Crippen LogP) is 1.20. The maximum absolute atomic E-state index is 5.27. The molecule has 0 aromatic rings. The molecule has 3 heteroatoms. The monoisotopic (exact) mass is 214 g/mol. The Morgan fingerprint density at radius 3 is 2.67 bits per heavy atom. The Labute approximate surface area is 94.2 Å². The van der Waals surface area contributed by atoms with E-state index < -0.39 is 0 Å². The van der Waals surface area contributed by atoms with Gasteiger partial charge >= 0.3 is 0 Å². The summed E-state index contributed by atoms with van der Waals surface area (Å²) in [6.07, 6.45) is 1.41. The van der Waals surface area contributed by atoms with Crippen LogP contribution in [0, 0.1) is 11.8 Å². The summed E-state index contributed by atoms with van der Waals surface area (Å²) in [4.78, 5) is 2.44. The van der Waals surface area contributed by atoms with Gasteiger partial charge in [0.1, 0.15) is 0 Å². The maximum atomic E-state index is 5.27. The second kappa shape index (κ2) is 6.46. The van der Waals surface area contributed by atoms with Crippen molar-refractivity contribution >= 4 is 0 Å². The van der Waals surface area contributed by atoms with Crippen LogP contribution in [0.2, 0.25) is 0 Å². The van der Waals surface area contributed by atoms with Crippen LogP contribution < -0.4 is 5.32 Å². The van der Waals surface area contributed by atoms with Crippen molar-refractivity contribution in [2.75, 3.05) is 40.4 Å². The van der Waals surface area contributed by atoms with Crippen molar-refractivity contribution in [2.24, 2.45) is 11.8 Å². The zero-order valence-electron chi connectivity index (χ0n) is 10.6. The first-order valence-electron chi connectivity index (χ1n) is 6.08. The molecule has 1 saturated carbocycles. The summed E-state index contributed by atoms with van der Waals surface area (Å²) in [5, 5.41) is 3.40. The van der Waals surface area contributed by atoms with Crippen molar-refractivity contribution in [2.45, 2.75) is 26.3 Å². The Morgan fingerprint density at radius 1 is 1.53 bits per heavy atom. The summed E-state index contributed by atoms with van der Waals surface area (Å²) in [6.45, 7) is 8.60. The third-order valence-electron chi connectivity index (χ3n) is 3.41. The molecule has 0 aromatic heterocycles. The Balaban J connectivity index is 2.25. The lowest BCUT2D eigenvalue weighted by Crippen LogP contribution is -2.44. The molecule has 90 valence electrons. The van der Waals surface area contributed by atoms with Crippen LogP contribution in [-0.4, -0.2) is 51.3 Å². The normalized spacial score (nSPS) is 27.0. The van der Waals surface area contributed by atoms with Gasteiger partial charge in [0.2, 0.25) is 0 Å². The van der Waals surface area contributed by atoms with E-state index >= 15 is 0 Å². The molecular weight excluding hydrogens is 188 g/mol. The van der Waals surface area contributed by atoms with Gasteiger partial charge in [0.25, 0.3) is 0 Å². The fourth-order valence-electron chi connectivity index (χ4n) is 2.02. The minimum atomic E-state index is 0.516. The molecule has 15 heavy (non-hydrogen) atoms. The molecule has 1 rings (SSSR count). The van der Waals surface area contributed by atoms with E-state index in [1.807, 2.05) is 0 Å². The molecule has 0 aromatic carbocycles. The molecule has 1 aliphatic carbocycles. The molecular formula is C12H26N2O. The molecule has 0 radical (unpaired) electrons. The summed E-state index contributed by atoms with van der Waals surface area (Å²) < 4.78 is 5.27. The third kappa shape index (κ3) is 4.49. The number of hydrogen-bond donors (Lipinski definition) is 1. The second-order valence-electron chi connectivity index (χ2n) is 4.83. The zero-order valence-corrected chi connectivity index (χ0v) is 10.6. The Hall–Kier alpha value is -0.120. The summed E-state index contributed by atoms with van der Waals surface area (Å²) in [5.41, 5.74) is 0. The Morgan fingerprint density at radius 2 is 2.20 bits per heavy atom. The van der Waals surface area contributed by atoms with E-state index in [1.165, 1.54) is 13.0 Å². The van der Waals surface area contributed by atoms with Gasteiger partial charge in [0, 0.05) is 26.2 Å². The zero-order chi connectivity index (χ0) is 11.3. The van der Waals surface area contributed by atoms with Gasteiger partial charge in [-0.1, -0.05) is 13.8 Å². The number of nitrogens with zero attached hydrogens (tertiary/aromatic N) is 1. The van der Waals surface area contributed by atoms with E-state index in [-0.39, 0.29) is 0 Å². The van der Waals surface area contributed by atoms with Gasteiger partial charge in [-0.25, -0.2) is 0 Å². The topological polar surface area (TPSA) is 24.5 Å². The van der Waals surface area contributed by atoms with Crippen LogP contribution in [0.25, 0.3) is 0 Å². The summed E-state index contributed by atoms with van der Waals surface area (Å²) in [6, 6.07) is 0.516. The van der Waals surface area contributed by atoms with Crippen LogP contribution in [0.4, 0.5) is 0 Å². The molecule has 0 amide bonds. The lowest BCUT2D eigenvalue weighted by Gasteiger charge is -2.27. The Kier molecular flexibility index (Phi) is 5.58. The number of rotatable bonds is 8. The summed E-state index contributed by atoms with van der Waals surface area (Å²) in [7, 11) is 4.00. The maximum Gasteiger partial charge on any atom is 0.0630 e. The average molecular weight is 214 g/mol. The van der Waals surface area contributed by atoms with Crippen molar-refractivity contribution in [1.82, 2.24) is 10.2 Å². The predicted molar refractivity (Wildman–Crippen MR) is 64.1 cm³/mol. The molecule has 0 spiro atoms. The molecule has 0 heterocycles. The molecule has 3 unspecified atom stereocenters. The molecule has 3 nitrogen and oxygen atoms in total. The van der Waals surface area contributed by atoms with Crippen LogP contribution in [-0.2, 0) is 4.74 Å².